The summed E-state index contributed by atoms with van der Waals surface area (Å²) in [4.78, 5) is 3.68. The predicted octanol–water partition coefficient (Wildman–Crippen LogP) is 4.75. The highest BCUT2D eigenvalue weighted by molar-refractivity contribution is 7.99. The second-order valence-corrected chi connectivity index (χ2v) is 7.68. The smallest absolute Gasteiger partial charge is 0.129 e. The molecule has 0 saturated carbocycles. The molecular formula is C20H23FN2S. The minimum atomic E-state index is -0.0923. The Hall–Kier alpha value is -1.52. The average molecular weight is 342 g/mol. The first-order valence-corrected chi connectivity index (χ1v) is 9.79. The van der Waals surface area contributed by atoms with Crippen LogP contribution in [0.15, 0.2) is 47.4 Å². The van der Waals surface area contributed by atoms with Crippen LogP contribution in [0.5, 0.6) is 0 Å². The Labute approximate surface area is 147 Å². The molecular weight excluding hydrogens is 319 g/mol. The second-order valence-electron chi connectivity index (χ2n) is 6.54. The van der Waals surface area contributed by atoms with Gasteiger partial charge in [-0.15, -0.1) is 11.8 Å². The van der Waals surface area contributed by atoms with Gasteiger partial charge in [0.05, 0.1) is 0 Å². The quantitative estimate of drug-likeness (QED) is 0.863. The van der Waals surface area contributed by atoms with Crippen LogP contribution >= 0.6 is 11.8 Å². The third-order valence-corrected chi connectivity index (χ3v) is 6.15. The van der Waals surface area contributed by atoms with Crippen molar-refractivity contribution in [1.82, 2.24) is 5.32 Å². The van der Waals surface area contributed by atoms with E-state index in [0.717, 1.165) is 36.5 Å². The molecule has 0 bridgehead atoms. The van der Waals surface area contributed by atoms with E-state index in [1.54, 1.807) is 6.07 Å². The van der Waals surface area contributed by atoms with Gasteiger partial charge in [-0.3, -0.25) is 0 Å². The summed E-state index contributed by atoms with van der Waals surface area (Å²) in [6.45, 7) is 2.67. The Bertz CT molecular complexity index is 713. The van der Waals surface area contributed by atoms with Crippen molar-refractivity contribution in [2.75, 3.05) is 23.7 Å². The van der Waals surface area contributed by atoms with E-state index in [2.05, 4.69) is 40.5 Å². The highest BCUT2D eigenvalue weighted by Gasteiger charge is 2.22. The van der Waals surface area contributed by atoms with E-state index in [4.69, 9.17) is 0 Å². The SMILES string of the molecule is Fc1cccc(N2CCCC2)c1CNC1CCSc2ccccc21. The Balaban J connectivity index is 1.54. The van der Waals surface area contributed by atoms with Gasteiger partial charge in [0.15, 0.2) is 0 Å². The molecule has 0 radical (unpaired) electrons. The molecule has 0 aliphatic carbocycles. The van der Waals surface area contributed by atoms with E-state index in [0.29, 0.717) is 12.6 Å². The van der Waals surface area contributed by atoms with Crippen LogP contribution in [0.1, 0.15) is 36.4 Å². The second kappa shape index (κ2) is 7.16. The van der Waals surface area contributed by atoms with Crippen LogP contribution in [0.3, 0.4) is 0 Å². The van der Waals surface area contributed by atoms with E-state index in [9.17, 15) is 4.39 Å². The maximum atomic E-state index is 14.5. The molecule has 2 aliphatic heterocycles. The van der Waals surface area contributed by atoms with Crippen molar-refractivity contribution in [3.8, 4) is 0 Å². The van der Waals surface area contributed by atoms with Gasteiger partial charge in [-0.1, -0.05) is 24.3 Å². The molecule has 2 aliphatic rings. The molecule has 1 N–H and O–H groups in total. The Morgan fingerprint density at radius 2 is 1.92 bits per heavy atom. The first-order valence-electron chi connectivity index (χ1n) is 8.80. The third-order valence-electron chi connectivity index (χ3n) is 5.02. The lowest BCUT2D eigenvalue weighted by Crippen LogP contribution is -2.27. The van der Waals surface area contributed by atoms with E-state index < -0.39 is 0 Å². The lowest BCUT2D eigenvalue weighted by atomic mass is 10.0. The summed E-state index contributed by atoms with van der Waals surface area (Å²) in [5.41, 5.74) is 3.24. The Kier molecular flexibility index (Phi) is 4.76. The van der Waals surface area contributed by atoms with Gasteiger partial charge in [0.2, 0.25) is 0 Å². The maximum Gasteiger partial charge on any atom is 0.129 e. The van der Waals surface area contributed by atoms with Crippen LogP contribution in [0.4, 0.5) is 10.1 Å². The summed E-state index contributed by atoms with van der Waals surface area (Å²) in [7, 11) is 0. The number of rotatable bonds is 4. The van der Waals surface area contributed by atoms with Crippen LogP contribution in [0.2, 0.25) is 0 Å². The third kappa shape index (κ3) is 3.17. The normalized spacial score (nSPS) is 20.2. The van der Waals surface area contributed by atoms with Crippen LogP contribution < -0.4 is 10.2 Å². The fourth-order valence-electron chi connectivity index (χ4n) is 3.76. The minimum Gasteiger partial charge on any atom is -0.371 e. The highest BCUT2D eigenvalue weighted by atomic mass is 32.2. The molecule has 1 unspecified atom stereocenters. The van der Waals surface area contributed by atoms with E-state index in [-0.39, 0.29) is 5.82 Å². The van der Waals surface area contributed by atoms with Gasteiger partial charge >= 0.3 is 0 Å². The molecule has 0 aromatic heterocycles. The van der Waals surface area contributed by atoms with Crippen molar-refractivity contribution in [2.24, 2.45) is 0 Å². The monoisotopic (exact) mass is 342 g/mol. The Morgan fingerprint density at radius 3 is 2.79 bits per heavy atom. The van der Waals surface area contributed by atoms with Crippen molar-refractivity contribution < 1.29 is 4.39 Å². The van der Waals surface area contributed by atoms with Gasteiger partial charge in [-0.05, 0) is 48.8 Å². The topological polar surface area (TPSA) is 15.3 Å². The van der Waals surface area contributed by atoms with Gasteiger partial charge in [0.1, 0.15) is 5.82 Å². The van der Waals surface area contributed by atoms with Crippen LogP contribution in [0.25, 0.3) is 0 Å². The molecule has 24 heavy (non-hydrogen) atoms. The molecule has 2 aromatic rings. The van der Waals surface area contributed by atoms with Gasteiger partial charge in [0.25, 0.3) is 0 Å². The molecule has 2 aromatic carbocycles. The van der Waals surface area contributed by atoms with Crippen molar-refractivity contribution in [2.45, 2.75) is 36.7 Å². The van der Waals surface area contributed by atoms with Gasteiger partial charge in [0, 0.05) is 41.8 Å². The van der Waals surface area contributed by atoms with Crippen molar-refractivity contribution in [1.29, 1.82) is 0 Å². The molecule has 126 valence electrons. The first kappa shape index (κ1) is 16.0. The summed E-state index contributed by atoms with van der Waals surface area (Å²) < 4.78 is 14.5. The summed E-state index contributed by atoms with van der Waals surface area (Å²) in [5.74, 6) is 1.02. The largest absolute Gasteiger partial charge is 0.371 e. The number of hydrogen-bond acceptors (Lipinski definition) is 3. The van der Waals surface area contributed by atoms with Crippen molar-refractivity contribution >= 4 is 17.4 Å². The zero-order chi connectivity index (χ0) is 16.4. The molecule has 4 rings (SSSR count). The standard InChI is InChI=1S/C20H23FN2S/c21-17-7-5-8-19(23-11-3-4-12-23)16(17)14-22-18-10-13-24-20-9-2-1-6-15(18)20/h1-2,5-9,18,22H,3-4,10-14H2. The van der Waals surface area contributed by atoms with Gasteiger partial charge in [-0.25, -0.2) is 4.39 Å². The summed E-state index contributed by atoms with van der Waals surface area (Å²) in [6.07, 6.45) is 3.50. The van der Waals surface area contributed by atoms with E-state index in [1.165, 1.54) is 23.3 Å². The van der Waals surface area contributed by atoms with Crippen LogP contribution in [-0.2, 0) is 6.54 Å². The van der Waals surface area contributed by atoms with E-state index >= 15 is 0 Å². The van der Waals surface area contributed by atoms with Crippen LogP contribution in [0, 0.1) is 5.82 Å². The van der Waals surface area contributed by atoms with E-state index in [1.807, 2.05) is 17.8 Å². The summed E-state index contributed by atoms with van der Waals surface area (Å²) in [5, 5.41) is 3.62. The molecule has 1 atom stereocenters. The molecule has 2 heterocycles. The lowest BCUT2D eigenvalue weighted by molar-refractivity contribution is 0.496. The number of fused-ring (bicyclic) bond motifs is 1. The first-order chi connectivity index (χ1) is 11.8. The number of thioether (sulfide) groups is 1. The number of anilines is 1. The summed E-state index contributed by atoms with van der Waals surface area (Å²) in [6, 6.07) is 14.4. The molecule has 0 amide bonds. The number of benzene rings is 2. The Morgan fingerprint density at radius 1 is 1.08 bits per heavy atom. The predicted molar refractivity (Wildman–Crippen MR) is 99.2 cm³/mol. The number of nitrogens with zero attached hydrogens (tertiary/aromatic N) is 1. The number of halogens is 1. The highest BCUT2D eigenvalue weighted by Crippen LogP contribution is 2.36. The van der Waals surface area contributed by atoms with Crippen LogP contribution in [-0.4, -0.2) is 18.8 Å². The van der Waals surface area contributed by atoms with Crippen molar-refractivity contribution in [3.05, 3.63) is 59.4 Å². The number of nitrogens with one attached hydrogen (secondary N) is 1. The molecule has 1 fully saturated rings. The van der Waals surface area contributed by atoms with Gasteiger partial charge in [-0.2, -0.15) is 0 Å². The molecule has 4 heteroatoms. The lowest BCUT2D eigenvalue weighted by Gasteiger charge is -2.27. The molecule has 0 spiro atoms. The fraction of sp³-hybridized carbons (Fsp3) is 0.400. The van der Waals surface area contributed by atoms with Gasteiger partial charge < -0.3 is 10.2 Å². The number of hydrogen-bond donors (Lipinski definition) is 1. The fourth-order valence-corrected chi connectivity index (χ4v) is 4.88. The minimum absolute atomic E-state index is 0.0923. The van der Waals surface area contributed by atoms with Crippen molar-refractivity contribution in [3.63, 3.8) is 0 Å². The zero-order valence-corrected chi connectivity index (χ0v) is 14.6. The maximum absolute atomic E-state index is 14.5. The zero-order valence-electron chi connectivity index (χ0n) is 13.8. The molecule has 2 nitrogen and oxygen atoms in total. The molecule has 1 saturated heterocycles. The summed E-state index contributed by atoms with van der Waals surface area (Å²) >= 11 is 1.92. The average Bonchev–Trinajstić information content (AvgIpc) is 3.15.